The zero-order valence-electron chi connectivity index (χ0n) is 13.0. The number of hydrogen-bond donors (Lipinski definition) is 1. The van der Waals surface area contributed by atoms with Crippen molar-refractivity contribution >= 4 is 5.82 Å². The molecule has 1 aliphatic carbocycles. The Bertz CT molecular complexity index is 656. The SMILES string of the molecule is Cn1nc(CNc2cc([C@H]3CCOC3)ccn2)cc1C1CC1. The van der Waals surface area contributed by atoms with Gasteiger partial charge in [0.2, 0.25) is 0 Å². The smallest absolute Gasteiger partial charge is 0.126 e. The van der Waals surface area contributed by atoms with Gasteiger partial charge in [-0.15, -0.1) is 0 Å². The van der Waals surface area contributed by atoms with Crippen molar-refractivity contribution in [3.63, 3.8) is 0 Å². The number of rotatable bonds is 5. The monoisotopic (exact) mass is 298 g/mol. The summed E-state index contributed by atoms with van der Waals surface area (Å²) in [4.78, 5) is 4.42. The number of aryl methyl sites for hydroxylation is 1. The molecule has 0 unspecified atom stereocenters. The van der Waals surface area contributed by atoms with Gasteiger partial charge in [0.1, 0.15) is 5.82 Å². The number of anilines is 1. The summed E-state index contributed by atoms with van der Waals surface area (Å²) in [6.45, 7) is 2.42. The highest BCUT2D eigenvalue weighted by Gasteiger charge is 2.27. The predicted octanol–water partition coefficient (Wildman–Crippen LogP) is 2.81. The van der Waals surface area contributed by atoms with Crippen LogP contribution in [-0.2, 0) is 18.3 Å². The van der Waals surface area contributed by atoms with Crippen LogP contribution >= 0.6 is 0 Å². The summed E-state index contributed by atoms with van der Waals surface area (Å²) in [5, 5.41) is 7.99. The quantitative estimate of drug-likeness (QED) is 0.922. The standard InChI is InChI=1S/C17H22N4O/c1-21-16(12-2-3-12)9-15(20-21)10-19-17-8-13(4-6-18-17)14-5-7-22-11-14/h4,6,8-9,12,14H,2-3,5,7,10-11H2,1H3,(H,18,19)/t14-/m0/s1. The van der Waals surface area contributed by atoms with Crippen molar-refractivity contribution in [2.24, 2.45) is 7.05 Å². The van der Waals surface area contributed by atoms with Crippen LogP contribution in [-0.4, -0.2) is 28.0 Å². The molecule has 1 saturated carbocycles. The molecule has 0 bridgehead atoms. The number of hydrogen-bond acceptors (Lipinski definition) is 4. The lowest BCUT2D eigenvalue weighted by Gasteiger charge is -2.10. The summed E-state index contributed by atoms with van der Waals surface area (Å²) in [6, 6.07) is 6.46. The molecule has 2 aromatic heterocycles. The lowest BCUT2D eigenvalue weighted by Crippen LogP contribution is -2.05. The molecule has 3 heterocycles. The molecule has 0 amide bonds. The van der Waals surface area contributed by atoms with E-state index >= 15 is 0 Å². The maximum Gasteiger partial charge on any atom is 0.126 e. The first-order valence-electron chi connectivity index (χ1n) is 8.10. The topological polar surface area (TPSA) is 52.0 Å². The van der Waals surface area contributed by atoms with Gasteiger partial charge in [-0.25, -0.2) is 4.98 Å². The number of aromatic nitrogens is 3. The van der Waals surface area contributed by atoms with Crippen molar-refractivity contribution in [3.8, 4) is 0 Å². The third-order valence-electron chi connectivity index (χ3n) is 4.60. The second-order valence-corrected chi connectivity index (χ2v) is 6.35. The van der Waals surface area contributed by atoms with Crippen LogP contribution in [0, 0.1) is 0 Å². The van der Waals surface area contributed by atoms with Gasteiger partial charge in [-0.3, -0.25) is 4.68 Å². The van der Waals surface area contributed by atoms with Crippen LogP contribution in [0.15, 0.2) is 24.4 Å². The zero-order valence-corrected chi connectivity index (χ0v) is 13.0. The average molecular weight is 298 g/mol. The van der Waals surface area contributed by atoms with E-state index in [-0.39, 0.29) is 0 Å². The van der Waals surface area contributed by atoms with E-state index in [1.165, 1.54) is 24.1 Å². The Morgan fingerprint density at radius 3 is 2.95 bits per heavy atom. The molecule has 5 heteroatoms. The molecule has 0 spiro atoms. The van der Waals surface area contributed by atoms with E-state index in [0.717, 1.165) is 43.6 Å². The molecule has 4 rings (SSSR count). The summed E-state index contributed by atoms with van der Waals surface area (Å²) < 4.78 is 7.49. The Morgan fingerprint density at radius 2 is 2.18 bits per heavy atom. The molecule has 116 valence electrons. The summed E-state index contributed by atoms with van der Waals surface area (Å²) in [5.41, 5.74) is 3.76. The lowest BCUT2D eigenvalue weighted by molar-refractivity contribution is 0.194. The second-order valence-electron chi connectivity index (χ2n) is 6.35. The number of pyridine rings is 1. The fraction of sp³-hybridized carbons (Fsp3) is 0.529. The predicted molar refractivity (Wildman–Crippen MR) is 84.9 cm³/mol. The van der Waals surface area contributed by atoms with E-state index in [2.05, 4.69) is 33.6 Å². The fourth-order valence-electron chi connectivity index (χ4n) is 3.17. The minimum Gasteiger partial charge on any atom is -0.381 e. The first-order chi connectivity index (χ1) is 10.8. The van der Waals surface area contributed by atoms with E-state index < -0.39 is 0 Å². The third kappa shape index (κ3) is 2.86. The van der Waals surface area contributed by atoms with Crippen LogP contribution in [0.1, 0.15) is 48.0 Å². The molecular formula is C17H22N4O. The Balaban J connectivity index is 1.42. The lowest BCUT2D eigenvalue weighted by atomic mass is 10.00. The number of nitrogens with zero attached hydrogens (tertiary/aromatic N) is 3. The largest absolute Gasteiger partial charge is 0.381 e. The van der Waals surface area contributed by atoms with E-state index in [1.54, 1.807) is 0 Å². The van der Waals surface area contributed by atoms with Gasteiger partial charge >= 0.3 is 0 Å². The number of ether oxygens (including phenoxy) is 1. The van der Waals surface area contributed by atoms with Gasteiger partial charge in [0.25, 0.3) is 0 Å². The number of nitrogens with one attached hydrogen (secondary N) is 1. The molecule has 2 aliphatic rings. The van der Waals surface area contributed by atoms with E-state index in [1.807, 2.05) is 17.9 Å². The maximum atomic E-state index is 5.47. The molecule has 22 heavy (non-hydrogen) atoms. The van der Waals surface area contributed by atoms with Crippen molar-refractivity contribution in [3.05, 3.63) is 41.3 Å². The first kappa shape index (κ1) is 13.8. The van der Waals surface area contributed by atoms with Crippen LogP contribution in [0.4, 0.5) is 5.82 Å². The average Bonchev–Trinajstić information content (AvgIpc) is 3.09. The highest BCUT2D eigenvalue weighted by Crippen LogP contribution is 2.40. The highest BCUT2D eigenvalue weighted by atomic mass is 16.5. The Morgan fingerprint density at radius 1 is 1.27 bits per heavy atom. The maximum absolute atomic E-state index is 5.47. The van der Waals surface area contributed by atoms with Gasteiger partial charge in [0.05, 0.1) is 18.8 Å². The molecule has 2 aromatic rings. The van der Waals surface area contributed by atoms with E-state index in [9.17, 15) is 0 Å². The molecular weight excluding hydrogens is 276 g/mol. The van der Waals surface area contributed by atoms with Gasteiger partial charge in [0, 0.05) is 37.4 Å². The van der Waals surface area contributed by atoms with Crippen LogP contribution < -0.4 is 5.32 Å². The Kier molecular flexibility index (Phi) is 3.58. The van der Waals surface area contributed by atoms with Crippen molar-refractivity contribution in [2.75, 3.05) is 18.5 Å². The Hall–Kier alpha value is -1.88. The minimum atomic E-state index is 0.514. The van der Waals surface area contributed by atoms with Gasteiger partial charge in [0.15, 0.2) is 0 Å². The second kappa shape index (κ2) is 5.72. The van der Waals surface area contributed by atoms with E-state index in [4.69, 9.17) is 4.74 Å². The first-order valence-corrected chi connectivity index (χ1v) is 8.10. The summed E-state index contributed by atoms with van der Waals surface area (Å²) >= 11 is 0. The van der Waals surface area contributed by atoms with Gasteiger partial charge in [-0.2, -0.15) is 5.10 Å². The van der Waals surface area contributed by atoms with Crippen LogP contribution in [0.25, 0.3) is 0 Å². The van der Waals surface area contributed by atoms with Gasteiger partial charge in [-0.05, 0) is 43.0 Å². The Labute approximate surface area is 130 Å². The molecule has 1 aliphatic heterocycles. The van der Waals surface area contributed by atoms with Gasteiger partial charge < -0.3 is 10.1 Å². The van der Waals surface area contributed by atoms with Crippen LogP contribution in [0.3, 0.4) is 0 Å². The molecule has 0 radical (unpaired) electrons. The molecule has 0 aromatic carbocycles. The third-order valence-corrected chi connectivity index (χ3v) is 4.60. The van der Waals surface area contributed by atoms with Gasteiger partial charge in [-0.1, -0.05) is 0 Å². The minimum absolute atomic E-state index is 0.514. The fourth-order valence-corrected chi connectivity index (χ4v) is 3.17. The molecule has 1 saturated heterocycles. The summed E-state index contributed by atoms with van der Waals surface area (Å²) in [5.74, 6) is 2.16. The van der Waals surface area contributed by atoms with Crippen LogP contribution in [0.5, 0.6) is 0 Å². The summed E-state index contributed by atoms with van der Waals surface area (Å²) in [6.07, 6.45) is 5.59. The highest BCUT2D eigenvalue weighted by molar-refractivity contribution is 5.39. The van der Waals surface area contributed by atoms with Crippen molar-refractivity contribution in [2.45, 2.75) is 37.6 Å². The summed E-state index contributed by atoms with van der Waals surface area (Å²) in [7, 11) is 2.04. The molecule has 2 fully saturated rings. The van der Waals surface area contributed by atoms with E-state index in [0.29, 0.717) is 5.92 Å². The van der Waals surface area contributed by atoms with Crippen LogP contribution in [0.2, 0.25) is 0 Å². The van der Waals surface area contributed by atoms with Crippen molar-refractivity contribution < 1.29 is 4.74 Å². The molecule has 5 nitrogen and oxygen atoms in total. The normalized spacial score (nSPS) is 21.2. The zero-order chi connectivity index (χ0) is 14.9. The molecule has 1 atom stereocenters. The molecule has 1 N–H and O–H groups in total. The van der Waals surface area contributed by atoms with Crippen molar-refractivity contribution in [1.82, 2.24) is 14.8 Å². The van der Waals surface area contributed by atoms with Crippen molar-refractivity contribution in [1.29, 1.82) is 0 Å².